The summed E-state index contributed by atoms with van der Waals surface area (Å²) in [5, 5.41) is 0. The van der Waals surface area contributed by atoms with E-state index in [1.807, 2.05) is 6.07 Å². The maximum Gasteiger partial charge on any atom is 0.244 e. The van der Waals surface area contributed by atoms with Crippen molar-refractivity contribution in [1.82, 2.24) is 4.31 Å². The standard InChI is InChI=1S/C13H14BrClN2O2S2/c1-2-17(8-10-4-6-13(15)20-10)21(18,19)12-7-9(16)3-5-11(12)14/h3-7H,2,8,16H2,1H3. The number of halogens is 2. The quantitative estimate of drug-likeness (QED) is 0.760. The summed E-state index contributed by atoms with van der Waals surface area (Å²) in [6.45, 7) is 2.45. The van der Waals surface area contributed by atoms with Gasteiger partial charge in [-0.2, -0.15) is 4.31 Å². The summed E-state index contributed by atoms with van der Waals surface area (Å²) in [5.74, 6) is 0. The number of nitrogens with zero attached hydrogens (tertiary/aromatic N) is 1. The molecule has 0 atom stereocenters. The predicted molar refractivity (Wildman–Crippen MR) is 91.2 cm³/mol. The third-order valence-electron chi connectivity index (χ3n) is 2.89. The highest BCUT2D eigenvalue weighted by atomic mass is 79.9. The number of nitrogens with two attached hydrogens (primary N) is 1. The van der Waals surface area contributed by atoms with Crippen LogP contribution < -0.4 is 5.73 Å². The number of hydrogen-bond acceptors (Lipinski definition) is 4. The summed E-state index contributed by atoms with van der Waals surface area (Å²) in [6, 6.07) is 8.35. The topological polar surface area (TPSA) is 63.4 Å². The molecule has 0 spiro atoms. The van der Waals surface area contributed by atoms with Crippen molar-refractivity contribution in [2.75, 3.05) is 12.3 Å². The van der Waals surface area contributed by atoms with Gasteiger partial charge in [-0.25, -0.2) is 8.42 Å². The Morgan fingerprint density at radius 1 is 1.33 bits per heavy atom. The average Bonchev–Trinajstić information content (AvgIpc) is 2.84. The van der Waals surface area contributed by atoms with Gasteiger partial charge in [0, 0.05) is 28.1 Å². The van der Waals surface area contributed by atoms with Gasteiger partial charge in [0.2, 0.25) is 10.0 Å². The van der Waals surface area contributed by atoms with Crippen LogP contribution in [0.3, 0.4) is 0 Å². The summed E-state index contributed by atoms with van der Waals surface area (Å²) >= 11 is 10.5. The van der Waals surface area contributed by atoms with Crippen LogP contribution in [0.4, 0.5) is 5.69 Å². The second-order valence-corrected chi connectivity index (χ2v) is 8.89. The van der Waals surface area contributed by atoms with Crippen LogP contribution in [0.1, 0.15) is 11.8 Å². The molecule has 0 aliphatic carbocycles. The number of nitrogen functional groups attached to an aromatic ring is 1. The highest BCUT2D eigenvalue weighted by Gasteiger charge is 2.26. The molecule has 114 valence electrons. The lowest BCUT2D eigenvalue weighted by molar-refractivity contribution is 0.426. The Bertz CT molecular complexity index is 746. The molecular weight excluding hydrogens is 396 g/mol. The normalized spacial score (nSPS) is 12.0. The van der Waals surface area contributed by atoms with Crippen molar-refractivity contribution in [3.63, 3.8) is 0 Å². The van der Waals surface area contributed by atoms with Gasteiger partial charge in [0.05, 0.1) is 9.23 Å². The van der Waals surface area contributed by atoms with Gasteiger partial charge in [0.1, 0.15) is 0 Å². The zero-order valence-corrected chi connectivity index (χ0v) is 15.2. The van der Waals surface area contributed by atoms with Crippen molar-refractivity contribution in [2.24, 2.45) is 0 Å². The third kappa shape index (κ3) is 3.78. The first kappa shape index (κ1) is 16.8. The Balaban J connectivity index is 2.37. The minimum absolute atomic E-state index is 0.173. The van der Waals surface area contributed by atoms with Gasteiger partial charge >= 0.3 is 0 Å². The molecule has 1 aromatic carbocycles. The molecule has 2 aromatic rings. The first-order valence-electron chi connectivity index (χ1n) is 6.14. The zero-order valence-electron chi connectivity index (χ0n) is 11.2. The maximum absolute atomic E-state index is 12.8. The Labute approximate surface area is 141 Å². The number of benzene rings is 1. The molecule has 4 nitrogen and oxygen atoms in total. The molecule has 0 saturated heterocycles. The van der Waals surface area contributed by atoms with E-state index < -0.39 is 10.0 Å². The average molecular weight is 410 g/mol. The van der Waals surface area contributed by atoms with E-state index in [9.17, 15) is 8.42 Å². The van der Waals surface area contributed by atoms with Crippen LogP contribution in [-0.2, 0) is 16.6 Å². The molecule has 0 amide bonds. The van der Waals surface area contributed by atoms with E-state index in [1.54, 1.807) is 25.1 Å². The first-order chi connectivity index (χ1) is 9.84. The Morgan fingerprint density at radius 3 is 2.62 bits per heavy atom. The van der Waals surface area contributed by atoms with Crippen molar-refractivity contribution in [1.29, 1.82) is 0 Å². The largest absolute Gasteiger partial charge is 0.399 e. The van der Waals surface area contributed by atoms with Gasteiger partial charge < -0.3 is 5.73 Å². The summed E-state index contributed by atoms with van der Waals surface area (Å²) in [6.07, 6.45) is 0. The molecule has 0 aliphatic heterocycles. The second-order valence-electron chi connectivity index (χ2n) is 4.33. The van der Waals surface area contributed by atoms with Crippen LogP contribution in [0.2, 0.25) is 4.34 Å². The number of rotatable bonds is 5. The van der Waals surface area contributed by atoms with E-state index in [4.69, 9.17) is 17.3 Å². The SMILES string of the molecule is CCN(Cc1ccc(Cl)s1)S(=O)(=O)c1cc(N)ccc1Br. The van der Waals surface area contributed by atoms with Crippen LogP contribution in [0.5, 0.6) is 0 Å². The van der Waals surface area contributed by atoms with Crippen LogP contribution in [0.15, 0.2) is 39.7 Å². The monoisotopic (exact) mass is 408 g/mol. The van der Waals surface area contributed by atoms with E-state index in [0.717, 1.165) is 4.88 Å². The lowest BCUT2D eigenvalue weighted by Crippen LogP contribution is -2.30. The smallest absolute Gasteiger partial charge is 0.244 e. The molecule has 2 rings (SSSR count). The molecule has 2 N–H and O–H groups in total. The summed E-state index contributed by atoms with van der Waals surface area (Å²) in [5.41, 5.74) is 6.11. The Kier molecular flexibility index (Phi) is 5.32. The van der Waals surface area contributed by atoms with E-state index in [2.05, 4.69) is 15.9 Å². The van der Waals surface area contributed by atoms with Crippen molar-refractivity contribution >= 4 is 54.6 Å². The van der Waals surface area contributed by atoms with Crippen LogP contribution >= 0.6 is 38.9 Å². The van der Waals surface area contributed by atoms with E-state index in [-0.39, 0.29) is 11.4 Å². The molecule has 1 heterocycles. The molecule has 0 unspecified atom stereocenters. The van der Waals surface area contributed by atoms with Crippen LogP contribution in [0.25, 0.3) is 0 Å². The summed E-state index contributed by atoms with van der Waals surface area (Å²) in [4.78, 5) is 1.07. The fraction of sp³-hybridized carbons (Fsp3) is 0.231. The molecule has 0 radical (unpaired) electrons. The fourth-order valence-electron chi connectivity index (χ4n) is 1.83. The molecule has 0 bridgehead atoms. The molecule has 21 heavy (non-hydrogen) atoms. The van der Waals surface area contributed by atoms with Gasteiger partial charge in [0.15, 0.2) is 0 Å². The van der Waals surface area contributed by atoms with Crippen molar-refractivity contribution in [3.05, 3.63) is 44.0 Å². The number of anilines is 1. The number of sulfonamides is 1. The second kappa shape index (κ2) is 6.66. The highest BCUT2D eigenvalue weighted by molar-refractivity contribution is 9.10. The first-order valence-corrected chi connectivity index (χ1v) is 9.56. The molecule has 0 aliphatic rings. The predicted octanol–water partition coefficient (Wildman–Crippen LogP) is 3.96. The maximum atomic E-state index is 12.8. The minimum Gasteiger partial charge on any atom is -0.399 e. The van der Waals surface area contributed by atoms with Gasteiger partial charge in [0.25, 0.3) is 0 Å². The van der Waals surface area contributed by atoms with Crippen molar-refractivity contribution < 1.29 is 8.42 Å². The number of thiophene rings is 1. The van der Waals surface area contributed by atoms with Gasteiger partial charge in [-0.05, 0) is 46.3 Å². The van der Waals surface area contributed by atoms with Crippen molar-refractivity contribution in [3.8, 4) is 0 Å². The molecule has 0 fully saturated rings. The highest BCUT2D eigenvalue weighted by Crippen LogP contribution is 2.29. The Morgan fingerprint density at radius 2 is 2.05 bits per heavy atom. The lowest BCUT2D eigenvalue weighted by Gasteiger charge is -2.20. The minimum atomic E-state index is -3.62. The fourth-order valence-corrected chi connectivity index (χ4v) is 5.41. The van der Waals surface area contributed by atoms with Crippen molar-refractivity contribution in [2.45, 2.75) is 18.4 Å². The van der Waals surface area contributed by atoms with Gasteiger partial charge in [-0.15, -0.1) is 11.3 Å². The zero-order chi connectivity index (χ0) is 15.6. The molecular formula is C13H14BrClN2O2S2. The lowest BCUT2D eigenvalue weighted by atomic mass is 10.3. The number of hydrogen-bond donors (Lipinski definition) is 1. The molecule has 0 saturated carbocycles. The van der Waals surface area contributed by atoms with Crippen LogP contribution in [-0.4, -0.2) is 19.3 Å². The Hall–Kier alpha value is -0.600. The van der Waals surface area contributed by atoms with Gasteiger partial charge in [-0.1, -0.05) is 18.5 Å². The molecule has 8 heteroatoms. The van der Waals surface area contributed by atoms with E-state index >= 15 is 0 Å². The summed E-state index contributed by atoms with van der Waals surface area (Å²) < 4.78 is 28.1. The van der Waals surface area contributed by atoms with E-state index in [1.165, 1.54) is 21.7 Å². The molecule has 1 aromatic heterocycles. The van der Waals surface area contributed by atoms with E-state index in [0.29, 0.717) is 21.0 Å². The third-order valence-corrected chi connectivity index (χ3v) is 7.02. The van der Waals surface area contributed by atoms with Crippen LogP contribution in [0, 0.1) is 0 Å². The summed E-state index contributed by atoms with van der Waals surface area (Å²) in [7, 11) is -3.62. The van der Waals surface area contributed by atoms with Gasteiger partial charge in [-0.3, -0.25) is 0 Å².